The van der Waals surface area contributed by atoms with Gasteiger partial charge < -0.3 is 9.88 Å². The number of anilines is 1. The molecule has 5 nitrogen and oxygen atoms in total. The molecule has 1 aromatic heterocycles. The lowest BCUT2D eigenvalue weighted by molar-refractivity contribution is -0.113. The highest BCUT2D eigenvalue weighted by Gasteiger charge is 2.23. The third-order valence-electron chi connectivity index (χ3n) is 4.63. The first-order valence-corrected chi connectivity index (χ1v) is 11.2. The molecular formula is C19H21Cl3N4OS. The van der Waals surface area contributed by atoms with Crippen molar-refractivity contribution >= 4 is 58.2 Å². The largest absolute Gasteiger partial charge is 0.323 e. The lowest BCUT2D eigenvalue weighted by Gasteiger charge is -2.21. The zero-order valence-electron chi connectivity index (χ0n) is 15.3. The van der Waals surface area contributed by atoms with Gasteiger partial charge in [-0.3, -0.25) is 4.79 Å². The first kappa shape index (κ1) is 21.5. The first-order chi connectivity index (χ1) is 13.5. The molecule has 0 saturated heterocycles. The van der Waals surface area contributed by atoms with E-state index in [1.165, 1.54) is 43.2 Å². The molecule has 1 amide bonds. The number of thioether (sulfide) groups is 1. The van der Waals surface area contributed by atoms with Crippen LogP contribution >= 0.6 is 46.6 Å². The summed E-state index contributed by atoms with van der Waals surface area (Å²) in [7, 11) is 0. The molecule has 3 rings (SSSR count). The van der Waals surface area contributed by atoms with E-state index < -0.39 is 0 Å². The van der Waals surface area contributed by atoms with Crippen LogP contribution in [-0.4, -0.2) is 26.4 Å². The molecule has 0 radical (unpaired) electrons. The SMILES string of the molecule is C=CCn1c(SCC(=O)Nc2c(Cl)cc(Cl)cc2Cl)nnc1C1CCCCC1. The Balaban J connectivity index is 1.67. The van der Waals surface area contributed by atoms with Crippen molar-refractivity contribution in [2.75, 3.05) is 11.1 Å². The van der Waals surface area contributed by atoms with Crippen molar-refractivity contribution in [2.45, 2.75) is 49.7 Å². The molecule has 1 aliphatic rings. The summed E-state index contributed by atoms with van der Waals surface area (Å²) in [5, 5.41) is 13.2. The Morgan fingerprint density at radius 2 is 1.89 bits per heavy atom. The predicted octanol–water partition coefficient (Wildman–Crippen LogP) is 6.20. The van der Waals surface area contributed by atoms with E-state index in [4.69, 9.17) is 34.8 Å². The predicted molar refractivity (Wildman–Crippen MR) is 117 cm³/mol. The quantitative estimate of drug-likeness (QED) is 0.395. The maximum Gasteiger partial charge on any atom is 0.234 e. The average molecular weight is 460 g/mol. The second-order valence-electron chi connectivity index (χ2n) is 6.66. The lowest BCUT2D eigenvalue weighted by atomic mass is 9.89. The minimum atomic E-state index is -0.233. The third kappa shape index (κ3) is 5.23. The van der Waals surface area contributed by atoms with Gasteiger partial charge in [-0.15, -0.1) is 16.8 Å². The second kappa shape index (κ2) is 10.0. The average Bonchev–Trinajstić information content (AvgIpc) is 3.07. The zero-order chi connectivity index (χ0) is 20.1. The van der Waals surface area contributed by atoms with Gasteiger partial charge >= 0.3 is 0 Å². The summed E-state index contributed by atoms with van der Waals surface area (Å²) in [6, 6.07) is 3.07. The standard InChI is InChI=1S/C19H21Cl3N4OS/c1-2-8-26-18(12-6-4-3-5-7-12)24-25-19(26)28-11-16(27)23-17-14(21)9-13(20)10-15(17)22/h2,9-10,12H,1,3-8,11H2,(H,23,27). The van der Waals surface area contributed by atoms with Crippen LogP contribution < -0.4 is 5.32 Å². The number of halogens is 3. The van der Waals surface area contributed by atoms with Crippen molar-refractivity contribution in [3.63, 3.8) is 0 Å². The van der Waals surface area contributed by atoms with Gasteiger partial charge in [0.25, 0.3) is 0 Å². The van der Waals surface area contributed by atoms with Gasteiger partial charge in [0.05, 0.1) is 21.5 Å². The van der Waals surface area contributed by atoms with Gasteiger partial charge in [0.15, 0.2) is 5.16 Å². The van der Waals surface area contributed by atoms with Crippen molar-refractivity contribution < 1.29 is 4.79 Å². The van der Waals surface area contributed by atoms with E-state index in [0.717, 1.165) is 18.7 Å². The van der Waals surface area contributed by atoms with Crippen LogP contribution in [0.5, 0.6) is 0 Å². The van der Waals surface area contributed by atoms with Crippen LogP contribution in [0.3, 0.4) is 0 Å². The highest BCUT2D eigenvalue weighted by molar-refractivity contribution is 7.99. The summed E-state index contributed by atoms with van der Waals surface area (Å²) in [4.78, 5) is 12.4. The van der Waals surface area contributed by atoms with Gasteiger partial charge in [-0.1, -0.05) is 71.9 Å². The number of benzene rings is 1. The second-order valence-corrected chi connectivity index (χ2v) is 8.85. The highest BCUT2D eigenvalue weighted by Crippen LogP contribution is 2.35. The van der Waals surface area contributed by atoms with E-state index in [0.29, 0.717) is 38.4 Å². The number of rotatable bonds is 7. The smallest absolute Gasteiger partial charge is 0.234 e. The summed E-state index contributed by atoms with van der Waals surface area (Å²) in [6.07, 6.45) is 7.82. The Morgan fingerprint density at radius 3 is 2.54 bits per heavy atom. The monoisotopic (exact) mass is 458 g/mol. The molecule has 1 N–H and O–H groups in total. The Morgan fingerprint density at radius 1 is 1.21 bits per heavy atom. The zero-order valence-corrected chi connectivity index (χ0v) is 18.3. The van der Waals surface area contributed by atoms with Crippen molar-refractivity contribution in [2.24, 2.45) is 0 Å². The Hall–Kier alpha value is -1.21. The van der Waals surface area contributed by atoms with Gasteiger partial charge in [0.2, 0.25) is 5.91 Å². The summed E-state index contributed by atoms with van der Waals surface area (Å²) in [5.41, 5.74) is 0.355. The van der Waals surface area contributed by atoms with Crippen molar-refractivity contribution in [3.8, 4) is 0 Å². The maximum absolute atomic E-state index is 12.4. The van der Waals surface area contributed by atoms with Crippen LogP contribution in [0.25, 0.3) is 0 Å². The molecule has 0 atom stereocenters. The van der Waals surface area contributed by atoms with Gasteiger partial charge in [0, 0.05) is 17.5 Å². The molecule has 1 aliphatic carbocycles. The Labute approximate surface area is 183 Å². The molecule has 1 fully saturated rings. The van der Waals surface area contributed by atoms with Crippen molar-refractivity contribution in [1.29, 1.82) is 0 Å². The third-order valence-corrected chi connectivity index (χ3v) is 6.41. The number of amides is 1. The molecule has 1 aromatic carbocycles. The van der Waals surface area contributed by atoms with Crippen LogP contribution in [0.1, 0.15) is 43.8 Å². The fourth-order valence-electron chi connectivity index (χ4n) is 3.34. The van der Waals surface area contributed by atoms with E-state index in [2.05, 4.69) is 26.7 Å². The number of nitrogens with one attached hydrogen (secondary N) is 1. The van der Waals surface area contributed by atoms with Crippen LogP contribution in [0.2, 0.25) is 15.1 Å². The lowest BCUT2D eigenvalue weighted by Crippen LogP contribution is -2.16. The molecule has 0 unspecified atom stereocenters. The number of hydrogen-bond donors (Lipinski definition) is 1. The minimum absolute atomic E-state index is 0.162. The maximum atomic E-state index is 12.4. The molecule has 28 heavy (non-hydrogen) atoms. The molecular weight excluding hydrogens is 439 g/mol. The molecule has 0 aliphatic heterocycles. The van der Waals surface area contributed by atoms with E-state index in [9.17, 15) is 4.79 Å². The molecule has 150 valence electrons. The molecule has 0 bridgehead atoms. The van der Waals surface area contributed by atoms with E-state index in [1.54, 1.807) is 0 Å². The fraction of sp³-hybridized carbons (Fsp3) is 0.421. The summed E-state index contributed by atoms with van der Waals surface area (Å²) >= 11 is 19.5. The van der Waals surface area contributed by atoms with Crippen LogP contribution in [0, 0.1) is 0 Å². The van der Waals surface area contributed by atoms with Gasteiger partial charge in [-0.2, -0.15) is 0 Å². The highest BCUT2D eigenvalue weighted by atomic mass is 35.5. The fourth-order valence-corrected chi connectivity index (χ4v) is 5.00. The topological polar surface area (TPSA) is 59.8 Å². The Kier molecular flexibility index (Phi) is 7.69. The molecule has 0 spiro atoms. The number of carbonyl (C=O) groups excluding carboxylic acids is 1. The van der Waals surface area contributed by atoms with E-state index in [1.807, 2.05) is 6.08 Å². The van der Waals surface area contributed by atoms with E-state index >= 15 is 0 Å². The molecule has 1 saturated carbocycles. The van der Waals surface area contributed by atoms with Gasteiger partial charge in [-0.05, 0) is 25.0 Å². The Bertz CT molecular complexity index is 842. The molecule has 1 heterocycles. The van der Waals surface area contributed by atoms with Gasteiger partial charge in [-0.25, -0.2) is 0 Å². The molecule has 9 heteroatoms. The molecule has 2 aromatic rings. The summed E-state index contributed by atoms with van der Waals surface area (Å²) < 4.78 is 2.06. The van der Waals surface area contributed by atoms with Crippen molar-refractivity contribution in [3.05, 3.63) is 45.7 Å². The minimum Gasteiger partial charge on any atom is -0.323 e. The van der Waals surface area contributed by atoms with Crippen LogP contribution in [-0.2, 0) is 11.3 Å². The van der Waals surface area contributed by atoms with E-state index in [-0.39, 0.29) is 11.7 Å². The van der Waals surface area contributed by atoms with Crippen LogP contribution in [0.4, 0.5) is 5.69 Å². The number of carbonyl (C=O) groups is 1. The summed E-state index contributed by atoms with van der Waals surface area (Å²) in [6.45, 7) is 4.46. The van der Waals surface area contributed by atoms with Crippen molar-refractivity contribution in [1.82, 2.24) is 14.8 Å². The first-order valence-electron chi connectivity index (χ1n) is 9.10. The number of allylic oxidation sites excluding steroid dienone is 1. The van der Waals surface area contributed by atoms with Gasteiger partial charge in [0.1, 0.15) is 5.82 Å². The van der Waals surface area contributed by atoms with Crippen LogP contribution in [0.15, 0.2) is 29.9 Å². The number of nitrogens with zero attached hydrogens (tertiary/aromatic N) is 3. The number of hydrogen-bond acceptors (Lipinski definition) is 4. The summed E-state index contributed by atoms with van der Waals surface area (Å²) in [5.74, 6) is 1.35. The number of aromatic nitrogens is 3. The normalized spacial score (nSPS) is 14.8.